The lowest BCUT2D eigenvalue weighted by Crippen LogP contribution is -2.18. The number of sulfonamides is 1. The summed E-state index contributed by atoms with van der Waals surface area (Å²) in [5.41, 5.74) is 1.82. The summed E-state index contributed by atoms with van der Waals surface area (Å²) in [5.74, 6) is 0.0422. The molecular weight excluding hydrogens is 290 g/mol. The summed E-state index contributed by atoms with van der Waals surface area (Å²) in [6, 6.07) is 5.10. The van der Waals surface area contributed by atoms with Crippen LogP contribution in [-0.4, -0.2) is 29.9 Å². The van der Waals surface area contributed by atoms with Crippen molar-refractivity contribution >= 4 is 21.7 Å². The van der Waals surface area contributed by atoms with Crippen LogP contribution in [0.4, 0.5) is 11.6 Å². The van der Waals surface area contributed by atoms with Gasteiger partial charge in [-0.05, 0) is 39.0 Å². The lowest BCUT2D eigenvalue weighted by molar-refractivity contribution is 0.597. The topological polar surface area (TPSA) is 96.9 Å². The Morgan fingerprint density at radius 1 is 1.19 bits per heavy atom. The van der Waals surface area contributed by atoms with Crippen molar-refractivity contribution in [3.05, 3.63) is 35.8 Å². The van der Waals surface area contributed by atoms with Gasteiger partial charge in [0.05, 0.1) is 5.69 Å². The largest absolute Gasteiger partial charge is 0.383 e. The predicted octanol–water partition coefficient (Wildman–Crippen LogP) is 1.72. The highest BCUT2D eigenvalue weighted by atomic mass is 32.2. The van der Waals surface area contributed by atoms with Gasteiger partial charge < -0.3 is 5.32 Å². The van der Waals surface area contributed by atoms with Crippen LogP contribution in [0.15, 0.2) is 29.4 Å². The smallest absolute Gasteiger partial charge is 0.283 e. The number of anilines is 2. The van der Waals surface area contributed by atoms with Crippen molar-refractivity contribution < 1.29 is 8.42 Å². The molecule has 0 aromatic carbocycles. The Hall–Kier alpha value is -2.22. The molecule has 0 amide bonds. The van der Waals surface area contributed by atoms with Crippen LogP contribution < -0.4 is 10.0 Å². The van der Waals surface area contributed by atoms with Gasteiger partial charge in [-0.3, -0.25) is 0 Å². The monoisotopic (exact) mass is 307 g/mol. The second-order valence-electron chi connectivity index (χ2n) is 4.47. The lowest BCUT2D eigenvalue weighted by atomic mass is 10.4. The van der Waals surface area contributed by atoms with E-state index in [0.717, 1.165) is 0 Å². The van der Waals surface area contributed by atoms with Crippen LogP contribution in [0.1, 0.15) is 18.3 Å². The summed E-state index contributed by atoms with van der Waals surface area (Å²) in [6.45, 7) is 6.02. The number of hydrogen-bond donors (Lipinski definition) is 2. The van der Waals surface area contributed by atoms with E-state index in [-0.39, 0.29) is 11.0 Å². The molecule has 21 heavy (non-hydrogen) atoms. The molecule has 112 valence electrons. The summed E-state index contributed by atoms with van der Waals surface area (Å²) in [7, 11) is -3.85. The maximum atomic E-state index is 12.4. The first-order valence-electron chi connectivity index (χ1n) is 6.46. The molecule has 2 N–H and O–H groups in total. The van der Waals surface area contributed by atoms with Crippen LogP contribution in [0.2, 0.25) is 0 Å². The van der Waals surface area contributed by atoms with Crippen LogP contribution in [0, 0.1) is 13.8 Å². The molecule has 7 nitrogen and oxygen atoms in total. The average molecular weight is 307 g/mol. The van der Waals surface area contributed by atoms with Crippen molar-refractivity contribution in [2.45, 2.75) is 25.8 Å². The van der Waals surface area contributed by atoms with E-state index in [0.29, 0.717) is 23.6 Å². The Morgan fingerprint density at radius 2 is 1.86 bits per heavy atom. The molecule has 0 aliphatic carbocycles. The average Bonchev–Trinajstić information content (AvgIpc) is 2.37. The van der Waals surface area contributed by atoms with Gasteiger partial charge in [0.15, 0.2) is 5.03 Å². The Kier molecular flexibility index (Phi) is 4.37. The Morgan fingerprint density at radius 3 is 2.48 bits per heavy atom. The van der Waals surface area contributed by atoms with E-state index in [1.165, 1.54) is 6.20 Å². The molecule has 0 spiro atoms. The zero-order valence-electron chi connectivity index (χ0n) is 12.1. The molecule has 8 heteroatoms. The number of aryl methyl sites for hydroxylation is 2. The first-order valence-corrected chi connectivity index (χ1v) is 7.94. The van der Waals surface area contributed by atoms with E-state index in [9.17, 15) is 8.42 Å². The second-order valence-corrected chi connectivity index (χ2v) is 6.06. The van der Waals surface area contributed by atoms with Crippen molar-refractivity contribution in [3.63, 3.8) is 0 Å². The summed E-state index contributed by atoms with van der Waals surface area (Å²) in [6.07, 6.45) is 1.43. The highest BCUT2D eigenvalue weighted by Gasteiger charge is 2.21. The van der Waals surface area contributed by atoms with E-state index in [4.69, 9.17) is 0 Å². The van der Waals surface area contributed by atoms with Crippen molar-refractivity contribution in [1.82, 2.24) is 15.0 Å². The molecule has 0 aliphatic rings. The molecular formula is C13H17N5O2S. The number of aromatic nitrogens is 3. The van der Waals surface area contributed by atoms with Gasteiger partial charge in [-0.15, -0.1) is 0 Å². The molecule has 0 saturated carbocycles. The summed E-state index contributed by atoms with van der Waals surface area (Å²) < 4.78 is 27.2. The van der Waals surface area contributed by atoms with Crippen molar-refractivity contribution in [2.75, 3.05) is 16.6 Å². The first-order chi connectivity index (χ1) is 9.92. The Bertz CT molecular complexity index is 726. The van der Waals surface area contributed by atoms with Crippen molar-refractivity contribution in [1.29, 1.82) is 0 Å². The molecule has 0 atom stereocenters. The molecule has 2 heterocycles. The highest BCUT2D eigenvalue weighted by Crippen LogP contribution is 2.20. The summed E-state index contributed by atoms with van der Waals surface area (Å²) in [4.78, 5) is 12.1. The molecule has 0 saturated heterocycles. The zero-order chi connectivity index (χ0) is 15.5. The van der Waals surface area contributed by atoms with Gasteiger partial charge in [0.1, 0.15) is 0 Å². The molecule has 2 rings (SSSR count). The van der Waals surface area contributed by atoms with E-state index in [1.807, 2.05) is 6.92 Å². The lowest BCUT2D eigenvalue weighted by Gasteiger charge is -2.11. The van der Waals surface area contributed by atoms with Gasteiger partial charge in [0.25, 0.3) is 10.0 Å². The quantitative estimate of drug-likeness (QED) is 0.873. The molecule has 2 aromatic heterocycles. The normalized spacial score (nSPS) is 11.2. The minimum absolute atomic E-state index is 0.0422. The molecule has 2 aromatic rings. The predicted molar refractivity (Wildman–Crippen MR) is 80.7 cm³/mol. The van der Waals surface area contributed by atoms with Gasteiger partial charge in [-0.2, -0.15) is 8.42 Å². The number of nitrogens with zero attached hydrogens (tertiary/aromatic N) is 3. The molecule has 0 unspecified atom stereocenters. The van der Waals surface area contributed by atoms with Crippen LogP contribution in [0.3, 0.4) is 0 Å². The summed E-state index contributed by atoms with van der Waals surface area (Å²) >= 11 is 0. The number of rotatable bonds is 5. The Balaban J connectivity index is 2.38. The first kappa shape index (κ1) is 15.2. The van der Waals surface area contributed by atoms with Crippen molar-refractivity contribution in [3.8, 4) is 0 Å². The van der Waals surface area contributed by atoms with Gasteiger partial charge >= 0.3 is 0 Å². The maximum Gasteiger partial charge on any atom is 0.283 e. The fourth-order valence-corrected chi connectivity index (χ4v) is 2.93. The van der Waals surface area contributed by atoms with E-state index >= 15 is 0 Å². The van der Waals surface area contributed by atoms with E-state index < -0.39 is 10.0 Å². The highest BCUT2D eigenvalue weighted by molar-refractivity contribution is 7.92. The van der Waals surface area contributed by atoms with Crippen LogP contribution in [0.25, 0.3) is 0 Å². The minimum atomic E-state index is -3.85. The third-order valence-electron chi connectivity index (χ3n) is 2.60. The van der Waals surface area contributed by atoms with Crippen molar-refractivity contribution in [2.24, 2.45) is 0 Å². The van der Waals surface area contributed by atoms with Gasteiger partial charge in [-0.1, -0.05) is 0 Å². The summed E-state index contributed by atoms with van der Waals surface area (Å²) in [5, 5.41) is 2.89. The number of nitrogens with one attached hydrogen (secondary N) is 2. The molecule has 0 bridgehead atoms. The maximum absolute atomic E-state index is 12.4. The van der Waals surface area contributed by atoms with Crippen LogP contribution in [0.5, 0.6) is 0 Å². The van der Waals surface area contributed by atoms with Gasteiger partial charge in [0.2, 0.25) is 5.95 Å². The Labute approximate surface area is 123 Å². The fourth-order valence-electron chi connectivity index (χ4n) is 1.87. The molecule has 0 radical (unpaired) electrons. The van der Waals surface area contributed by atoms with Crippen LogP contribution >= 0.6 is 0 Å². The molecule has 0 aliphatic heterocycles. The van der Waals surface area contributed by atoms with Gasteiger partial charge in [0, 0.05) is 24.1 Å². The number of pyridine rings is 1. The SMILES string of the molecule is CCNc1cccnc1S(=O)(=O)Nc1nc(C)cc(C)n1. The third-order valence-corrected chi connectivity index (χ3v) is 3.89. The second kappa shape index (κ2) is 6.04. The third kappa shape index (κ3) is 3.66. The van der Waals surface area contributed by atoms with Crippen LogP contribution in [-0.2, 0) is 10.0 Å². The zero-order valence-corrected chi connectivity index (χ0v) is 12.9. The standard InChI is InChI=1S/C13H17N5O2S/c1-4-14-11-6-5-7-15-12(11)21(19,20)18-13-16-9(2)8-10(3)17-13/h5-8,14H,4H2,1-3H3,(H,16,17,18). The molecule has 0 fully saturated rings. The number of hydrogen-bond acceptors (Lipinski definition) is 6. The van der Waals surface area contributed by atoms with Gasteiger partial charge in [-0.25, -0.2) is 19.7 Å². The van der Waals surface area contributed by atoms with E-state index in [1.54, 1.807) is 32.0 Å². The van der Waals surface area contributed by atoms with E-state index in [2.05, 4.69) is 25.0 Å². The minimum Gasteiger partial charge on any atom is -0.383 e. The fraction of sp³-hybridized carbons (Fsp3) is 0.308.